The summed E-state index contributed by atoms with van der Waals surface area (Å²) in [6.07, 6.45) is 2.14. The molecule has 0 radical (unpaired) electrons. The number of rotatable bonds is 5. The molecule has 18 heavy (non-hydrogen) atoms. The van der Waals surface area contributed by atoms with E-state index in [9.17, 15) is 14.9 Å². The number of carbonyl (C=O) groups is 1. The fourth-order valence-corrected chi connectivity index (χ4v) is 1.96. The lowest BCUT2D eigenvalue weighted by Crippen LogP contribution is -2.36. The van der Waals surface area contributed by atoms with Gasteiger partial charge < -0.3 is 9.72 Å². The molecule has 1 aliphatic rings. The molecule has 7 nitrogen and oxygen atoms in total. The van der Waals surface area contributed by atoms with Crippen molar-refractivity contribution in [1.82, 2.24) is 9.88 Å². The van der Waals surface area contributed by atoms with Crippen LogP contribution in [-0.2, 0) is 4.74 Å². The van der Waals surface area contributed by atoms with Crippen LogP contribution in [-0.4, -0.2) is 53.4 Å². The molecule has 1 N–H and O–H groups in total. The molecular formula is C11H15N3O4. The largest absolute Gasteiger partial charge is 0.380 e. The summed E-state index contributed by atoms with van der Waals surface area (Å²) >= 11 is 0. The van der Waals surface area contributed by atoms with Crippen molar-refractivity contribution in [3.63, 3.8) is 0 Å². The van der Waals surface area contributed by atoms with Crippen LogP contribution in [0.3, 0.4) is 0 Å². The van der Waals surface area contributed by atoms with Gasteiger partial charge in [0.2, 0.25) is 0 Å². The number of nitro groups is 1. The predicted octanol–water partition coefficient (Wildman–Crippen LogP) is 0.826. The molecule has 1 saturated heterocycles. The zero-order chi connectivity index (χ0) is 13.1. The Morgan fingerprint density at radius 1 is 1.72 bits per heavy atom. The van der Waals surface area contributed by atoms with Crippen LogP contribution in [0.2, 0.25) is 0 Å². The second-order valence-corrected chi connectivity index (χ2v) is 4.38. The van der Waals surface area contributed by atoms with Gasteiger partial charge in [-0.3, -0.25) is 19.8 Å². The number of aromatic nitrogens is 1. The van der Waals surface area contributed by atoms with E-state index < -0.39 is 4.92 Å². The fourth-order valence-electron chi connectivity index (χ4n) is 1.96. The maximum Gasteiger partial charge on any atom is 0.287 e. The molecule has 1 fully saturated rings. The summed E-state index contributed by atoms with van der Waals surface area (Å²) in [5.41, 5.74) is 0.178. The molecule has 0 aromatic carbocycles. The SMILES string of the molecule is CN(CC(=O)c1cc([N+](=O)[O-])c[nH]1)C1CCOC1. The number of carbonyl (C=O) groups excluding carboxylic acids is 1. The first-order valence-electron chi connectivity index (χ1n) is 5.72. The highest BCUT2D eigenvalue weighted by atomic mass is 16.6. The maximum atomic E-state index is 11.9. The first-order valence-corrected chi connectivity index (χ1v) is 5.72. The minimum Gasteiger partial charge on any atom is -0.380 e. The van der Waals surface area contributed by atoms with E-state index in [0.29, 0.717) is 6.61 Å². The summed E-state index contributed by atoms with van der Waals surface area (Å²) in [6, 6.07) is 1.51. The Hall–Kier alpha value is -1.73. The molecule has 1 unspecified atom stereocenters. The summed E-state index contributed by atoms with van der Waals surface area (Å²) in [7, 11) is 1.86. The van der Waals surface area contributed by atoms with Crippen LogP contribution >= 0.6 is 0 Å². The lowest BCUT2D eigenvalue weighted by atomic mass is 10.2. The van der Waals surface area contributed by atoms with Crippen molar-refractivity contribution in [2.24, 2.45) is 0 Å². The zero-order valence-electron chi connectivity index (χ0n) is 10.1. The van der Waals surface area contributed by atoms with Crippen molar-refractivity contribution < 1.29 is 14.5 Å². The normalized spacial score (nSPS) is 19.3. The van der Waals surface area contributed by atoms with Crippen LogP contribution in [0, 0.1) is 10.1 Å². The average Bonchev–Trinajstić information content (AvgIpc) is 3.00. The van der Waals surface area contributed by atoms with Crippen LogP contribution in [0.15, 0.2) is 12.3 Å². The second kappa shape index (κ2) is 5.28. The Kier molecular flexibility index (Phi) is 3.73. The Morgan fingerprint density at radius 3 is 3.06 bits per heavy atom. The third kappa shape index (κ3) is 2.74. The van der Waals surface area contributed by atoms with Gasteiger partial charge in [-0.1, -0.05) is 0 Å². The quantitative estimate of drug-likeness (QED) is 0.477. The predicted molar refractivity (Wildman–Crippen MR) is 63.6 cm³/mol. The van der Waals surface area contributed by atoms with Gasteiger partial charge in [0.25, 0.3) is 5.69 Å². The van der Waals surface area contributed by atoms with Crippen LogP contribution < -0.4 is 0 Å². The van der Waals surface area contributed by atoms with E-state index >= 15 is 0 Å². The minimum absolute atomic E-state index is 0.0924. The molecule has 0 saturated carbocycles. The van der Waals surface area contributed by atoms with E-state index in [1.807, 2.05) is 11.9 Å². The molecule has 1 aliphatic heterocycles. The highest BCUT2D eigenvalue weighted by molar-refractivity contribution is 5.96. The van der Waals surface area contributed by atoms with Crippen molar-refractivity contribution >= 4 is 11.5 Å². The number of H-pyrrole nitrogens is 1. The van der Waals surface area contributed by atoms with Gasteiger partial charge in [0.15, 0.2) is 5.78 Å². The van der Waals surface area contributed by atoms with Gasteiger partial charge in [-0.25, -0.2) is 0 Å². The molecule has 7 heteroatoms. The van der Waals surface area contributed by atoms with E-state index in [1.165, 1.54) is 12.3 Å². The Bertz CT molecular complexity index is 451. The number of hydrogen-bond acceptors (Lipinski definition) is 5. The molecule has 1 aromatic rings. The second-order valence-electron chi connectivity index (χ2n) is 4.38. The standard InChI is InChI=1S/C11H15N3O4/c1-13(8-2-3-18-7-8)6-11(15)10-4-9(5-12-10)14(16)17/h4-5,8,12H,2-3,6-7H2,1H3. The average molecular weight is 253 g/mol. The van der Waals surface area contributed by atoms with E-state index in [0.717, 1.165) is 13.0 Å². The van der Waals surface area contributed by atoms with E-state index in [4.69, 9.17) is 4.74 Å². The number of nitrogens with zero attached hydrogens (tertiary/aromatic N) is 2. The zero-order valence-corrected chi connectivity index (χ0v) is 10.1. The lowest BCUT2D eigenvalue weighted by molar-refractivity contribution is -0.384. The summed E-state index contributed by atoms with van der Waals surface area (Å²) in [5, 5.41) is 10.5. The van der Waals surface area contributed by atoms with Crippen molar-refractivity contribution in [1.29, 1.82) is 0 Å². The van der Waals surface area contributed by atoms with Gasteiger partial charge in [0.05, 0.1) is 30.0 Å². The molecule has 1 atom stereocenters. The third-order valence-electron chi connectivity index (χ3n) is 3.10. The van der Waals surface area contributed by atoms with Gasteiger partial charge in [-0.05, 0) is 13.5 Å². The lowest BCUT2D eigenvalue weighted by Gasteiger charge is -2.21. The first kappa shape index (κ1) is 12.7. The van der Waals surface area contributed by atoms with Crippen LogP contribution in [0.1, 0.15) is 16.9 Å². The summed E-state index contributed by atoms with van der Waals surface area (Å²) in [5.74, 6) is -0.155. The Balaban J connectivity index is 1.95. The number of nitrogens with one attached hydrogen (secondary N) is 1. The molecule has 0 amide bonds. The van der Waals surface area contributed by atoms with E-state index in [-0.39, 0.29) is 29.8 Å². The van der Waals surface area contributed by atoms with Crippen LogP contribution in [0.4, 0.5) is 5.69 Å². The smallest absolute Gasteiger partial charge is 0.287 e. The maximum absolute atomic E-state index is 11.9. The Morgan fingerprint density at radius 2 is 2.50 bits per heavy atom. The van der Waals surface area contributed by atoms with E-state index in [2.05, 4.69) is 4.98 Å². The minimum atomic E-state index is -0.526. The highest BCUT2D eigenvalue weighted by Gasteiger charge is 2.23. The number of aromatic amines is 1. The van der Waals surface area contributed by atoms with Crippen molar-refractivity contribution in [3.8, 4) is 0 Å². The van der Waals surface area contributed by atoms with Crippen LogP contribution in [0.25, 0.3) is 0 Å². The molecule has 2 heterocycles. The number of Topliss-reactive ketones (excluding diaryl/α,β-unsaturated/α-hetero) is 1. The fraction of sp³-hybridized carbons (Fsp3) is 0.545. The molecular weight excluding hydrogens is 238 g/mol. The number of ether oxygens (including phenoxy) is 1. The molecule has 0 bridgehead atoms. The highest BCUT2D eigenvalue weighted by Crippen LogP contribution is 2.14. The van der Waals surface area contributed by atoms with Crippen molar-refractivity contribution in [3.05, 3.63) is 28.1 Å². The number of likely N-dealkylation sites (N-methyl/N-ethyl adjacent to an activating group) is 1. The molecule has 2 rings (SSSR count). The van der Waals surface area contributed by atoms with Gasteiger partial charge in [-0.15, -0.1) is 0 Å². The summed E-state index contributed by atoms with van der Waals surface area (Å²) < 4.78 is 5.25. The summed E-state index contributed by atoms with van der Waals surface area (Å²) in [4.78, 5) is 26.5. The molecule has 0 spiro atoms. The third-order valence-corrected chi connectivity index (χ3v) is 3.10. The summed E-state index contributed by atoms with van der Waals surface area (Å²) in [6.45, 7) is 1.58. The molecule has 98 valence electrons. The van der Waals surface area contributed by atoms with E-state index in [1.54, 1.807) is 0 Å². The number of hydrogen-bond donors (Lipinski definition) is 1. The Labute approximate surface area is 104 Å². The van der Waals surface area contributed by atoms with Gasteiger partial charge >= 0.3 is 0 Å². The van der Waals surface area contributed by atoms with Gasteiger partial charge in [0.1, 0.15) is 0 Å². The molecule has 0 aliphatic carbocycles. The number of ketones is 1. The van der Waals surface area contributed by atoms with Crippen LogP contribution in [0.5, 0.6) is 0 Å². The molecule has 1 aromatic heterocycles. The van der Waals surface area contributed by atoms with Gasteiger partial charge in [0, 0.05) is 18.7 Å². The monoisotopic (exact) mass is 253 g/mol. The first-order chi connectivity index (χ1) is 8.58. The van der Waals surface area contributed by atoms with Gasteiger partial charge in [-0.2, -0.15) is 0 Å². The van der Waals surface area contributed by atoms with Crippen molar-refractivity contribution in [2.75, 3.05) is 26.8 Å². The van der Waals surface area contributed by atoms with Crippen molar-refractivity contribution in [2.45, 2.75) is 12.5 Å². The topological polar surface area (TPSA) is 88.5 Å².